The number of carboxylic acids is 1. The standard InChI is InChI=1S/C26H26N6O9S.Na/c1-13(33)41-11-15-12-42-22-18(21(35)32(22)19(15)23(36)37)29-20(34)17(14-5-3-2-4-6-14)30-26(39)31-9-8-27-25(31)28-16-7-10-40-24(16)38;/h2-7,10,17-18,22,25,27H,8-9,11-12H2,1H3,(H,29,34)(H,30,39)(H,36,37);/q;+1/p-1/t17-,18?,22-,25?;/m1./s1. The van der Waals surface area contributed by atoms with E-state index in [2.05, 4.69) is 20.9 Å². The molecule has 4 aliphatic heterocycles. The number of hydrogen-bond acceptors (Lipinski definition) is 12. The average molecular weight is 621 g/mol. The van der Waals surface area contributed by atoms with Gasteiger partial charge < -0.3 is 30.0 Å². The van der Waals surface area contributed by atoms with E-state index in [9.17, 15) is 33.9 Å². The van der Waals surface area contributed by atoms with Crippen LogP contribution in [-0.4, -0.2) is 94.4 Å². The molecule has 0 radical (unpaired) electrons. The number of urea groups is 1. The number of β-lactam (4-membered cyclic amide) rings is 1. The molecule has 1 aromatic rings. The van der Waals surface area contributed by atoms with Crippen molar-refractivity contribution in [1.82, 2.24) is 25.8 Å². The Bertz CT molecular complexity index is 1440. The van der Waals surface area contributed by atoms with Crippen molar-refractivity contribution in [2.75, 3.05) is 25.4 Å². The van der Waals surface area contributed by atoms with Crippen molar-refractivity contribution in [3.05, 3.63) is 59.5 Å². The summed E-state index contributed by atoms with van der Waals surface area (Å²) in [6, 6.07) is 5.40. The van der Waals surface area contributed by atoms with Crippen LogP contribution in [0.5, 0.6) is 0 Å². The molecule has 2 fully saturated rings. The van der Waals surface area contributed by atoms with E-state index in [-0.39, 0.29) is 59.7 Å². The van der Waals surface area contributed by atoms with Gasteiger partial charge in [0.05, 0.1) is 17.9 Å². The molecule has 43 heavy (non-hydrogen) atoms. The molecule has 220 valence electrons. The van der Waals surface area contributed by atoms with E-state index in [4.69, 9.17) is 9.47 Å². The number of fused-ring (bicyclic) bond motifs is 1. The first kappa shape index (κ1) is 32.2. The summed E-state index contributed by atoms with van der Waals surface area (Å²) in [6.07, 6.45) is 1.68. The van der Waals surface area contributed by atoms with Crippen LogP contribution in [0.25, 0.3) is 0 Å². The van der Waals surface area contributed by atoms with Gasteiger partial charge in [-0.25, -0.2) is 14.6 Å². The Hall–Kier alpha value is -3.70. The van der Waals surface area contributed by atoms with Gasteiger partial charge in [-0.2, -0.15) is 0 Å². The zero-order valence-corrected chi connectivity index (χ0v) is 25.9. The fourth-order valence-corrected chi connectivity index (χ4v) is 6.08. The van der Waals surface area contributed by atoms with Gasteiger partial charge in [-0.05, 0) is 5.56 Å². The monoisotopic (exact) mass is 620 g/mol. The summed E-state index contributed by atoms with van der Waals surface area (Å²) in [5.74, 6) is -4.12. The minimum atomic E-state index is -1.60. The van der Waals surface area contributed by atoms with Gasteiger partial charge in [-0.3, -0.25) is 29.5 Å². The number of benzene rings is 1. The van der Waals surface area contributed by atoms with Crippen LogP contribution in [-0.2, 0) is 33.4 Å². The second-order valence-electron chi connectivity index (χ2n) is 9.45. The Balaban J connectivity index is 0.00000423. The summed E-state index contributed by atoms with van der Waals surface area (Å²) in [5.41, 5.74) is 0.277. The van der Waals surface area contributed by atoms with Gasteiger partial charge in [0.2, 0.25) is 5.91 Å². The van der Waals surface area contributed by atoms with Crippen molar-refractivity contribution in [2.45, 2.75) is 30.7 Å². The van der Waals surface area contributed by atoms with Crippen LogP contribution in [0.1, 0.15) is 18.5 Å². The van der Waals surface area contributed by atoms with Crippen molar-refractivity contribution in [2.24, 2.45) is 4.99 Å². The topological polar surface area (TPSA) is 199 Å². The summed E-state index contributed by atoms with van der Waals surface area (Å²) >= 11 is 1.19. The minimum absolute atomic E-state index is 0. The molecule has 4 atom stereocenters. The first-order valence-electron chi connectivity index (χ1n) is 12.8. The van der Waals surface area contributed by atoms with Gasteiger partial charge in [-0.15, -0.1) is 11.8 Å². The van der Waals surface area contributed by atoms with Crippen LogP contribution >= 0.6 is 11.8 Å². The normalized spacial score (nSPS) is 24.0. The number of hydrogen-bond donors (Lipinski definition) is 3. The van der Waals surface area contributed by atoms with Crippen LogP contribution in [0.4, 0.5) is 4.79 Å². The molecule has 4 amide bonds. The third-order valence-corrected chi connectivity index (χ3v) is 8.10. The van der Waals surface area contributed by atoms with Gasteiger partial charge in [-0.1, -0.05) is 30.3 Å². The number of carbonyl (C=O) groups excluding carboxylic acids is 6. The summed E-state index contributed by atoms with van der Waals surface area (Å²) in [4.78, 5) is 81.3. The third-order valence-electron chi connectivity index (χ3n) is 6.76. The number of nitrogens with zero attached hydrogens (tertiary/aromatic N) is 3. The van der Waals surface area contributed by atoms with E-state index in [1.54, 1.807) is 30.3 Å². The maximum absolute atomic E-state index is 13.5. The zero-order valence-electron chi connectivity index (χ0n) is 23.1. The number of aliphatic imine (C=N–C) groups is 1. The quantitative estimate of drug-likeness (QED) is 0.143. The first-order chi connectivity index (χ1) is 20.2. The fourth-order valence-electron chi connectivity index (χ4n) is 4.75. The van der Waals surface area contributed by atoms with Crippen molar-refractivity contribution in [1.29, 1.82) is 0 Å². The zero-order chi connectivity index (χ0) is 30.0. The number of aliphatic carboxylic acids is 1. The molecule has 2 saturated heterocycles. The van der Waals surface area contributed by atoms with Crippen molar-refractivity contribution >= 4 is 53.2 Å². The number of thioether (sulfide) groups is 1. The first-order valence-corrected chi connectivity index (χ1v) is 13.8. The molecule has 1 aromatic carbocycles. The summed E-state index contributed by atoms with van der Waals surface area (Å²) in [7, 11) is 0. The van der Waals surface area contributed by atoms with Gasteiger partial charge in [0.1, 0.15) is 29.8 Å². The number of rotatable bonds is 8. The Morgan fingerprint density at radius 3 is 2.63 bits per heavy atom. The molecule has 0 bridgehead atoms. The Kier molecular flexibility index (Phi) is 10.3. The Morgan fingerprint density at radius 1 is 1.23 bits per heavy atom. The number of nitrogens with one attached hydrogen (secondary N) is 3. The molecule has 0 aromatic heterocycles. The molecule has 15 nitrogen and oxygen atoms in total. The molecule has 0 spiro atoms. The van der Waals surface area contributed by atoms with Gasteiger partial charge in [0, 0.05) is 37.4 Å². The van der Waals surface area contributed by atoms with E-state index in [0.29, 0.717) is 12.1 Å². The predicted octanol–water partition coefficient (Wildman–Crippen LogP) is -4.89. The van der Waals surface area contributed by atoms with Crippen LogP contribution in [0, 0.1) is 0 Å². The van der Waals surface area contributed by atoms with E-state index >= 15 is 0 Å². The predicted molar refractivity (Wildman–Crippen MR) is 143 cm³/mol. The second kappa shape index (κ2) is 13.7. The molecule has 0 saturated carbocycles. The summed E-state index contributed by atoms with van der Waals surface area (Å²) < 4.78 is 9.64. The molecular weight excluding hydrogens is 595 g/mol. The molecular formula is C26H25N6NaO9S. The van der Waals surface area contributed by atoms with Crippen LogP contribution < -0.4 is 50.6 Å². The minimum Gasteiger partial charge on any atom is -0.543 e. The maximum Gasteiger partial charge on any atom is 1.00 e. The molecule has 0 aliphatic carbocycles. The second-order valence-corrected chi connectivity index (χ2v) is 10.6. The summed E-state index contributed by atoms with van der Waals surface area (Å²) in [5, 5.41) is 19.4. The Morgan fingerprint density at radius 2 is 1.98 bits per heavy atom. The largest absolute Gasteiger partial charge is 1.00 e. The van der Waals surface area contributed by atoms with E-state index < -0.39 is 65.2 Å². The van der Waals surface area contributed by atoms with Crippen LogP contribution in [0.3, 0.4) is 0 Å². The molecule has 17 heteroatoms. The molecule has 4 aliphatic rings. The number of cyclic esters (lactones) is 1. The number of amides is 4. The third kappa shape index (κ3) is 6.78. The van der Waals surface area contributed by atoms with Gasteiger partial charge in [0.25, 0.3) is 5.91 Å². The number of carbonyl (C=O) groups is 6. The average Bonchev–Trinajstić information content (AvgIpc) is 3.61. The fraction of sp³-hybridized carbons (Fsp3) is 0.346. The number of carboxylic acid groups (broad SMARTS) is 1. The molecule has 5 rings (SSSR count). The number of esters is 2. The van der Waals surface area contributed by atoms with E-state index in [1.807, 2.05) is 0 Å². The molecule has 3 N–H and O–H groups in total. The van der Waals surface area contributed by atoms with Crippen LogP contribution in [0.15, 0.2) is 58.9 Å². The van der Waals surface area contributed by atoms with Gasteiger partial charge >= 0.3 is 47.5 Å². The van der Waals surface area contributed by atoms with Crippen molar-refractivity contribution in [3.8, 4) is 0 Å². The van der Waals surface area contributed by atoms with Crippen LogP contribution in [0.2, 0.25) is 0 Å². The number of ether oxygens (including phenoxy) is 2. The SMILES string of the molecule is CC(=O)OCC1=C(C(=O)[O-])N2C(=O)C(NC(=O)[C@H](NC(=O)N3CCNC3N=C3C=COC3=O)c3ccccc3)[C@H]2SC1.[Na+]. The van der Waals surface area contributed by atoms with Crippen molar-refractivity contribution < 1.29 is 72.9 Å². The molecule has 2 unspecified atom stereocenters. The van der Waals surface area contributed by atoms with Crippen molar-refractivity contribution in [3.63, 3.8) is 0 Å². The Labute approximate surface area is 271 Å². The van der Waals surface area contributed by atoms with Gasteiger partial charge in [0.15, 0.2) is 6.29 Å². The van der Waals surface area contributed by atoms with E-state index in [0.717, 1.165) is 4.90 Å². The summed E-state index contributed by atoms with van der Waals surface area (Å²) in [6.45, 7) is 1.49. The maximum atomic E-state index is 13.5. The van der Waals surface area contributed by atoms with E-state index in [1.165, 1.54) is 35.9 Å². The molecule has 4 heterocycles. The smallest absolute Gasteiger partial charge is 0.543 e.